The van der Waals surface area contributed by atoms with Gasteiger partial charge in [-0.05, 0) is 70.1 Å². The fourth-order valence-electron chi connectivity index (χ4n) is 3.27. The Balaban J connectivity index is 1.81. The number of nitrogens with one attached hydrogen (secondary N) is 1. The average Bonchev–Trinajstić information content (AvgIpc) is 2.56. The van der Waals surface area contributed by atoms with Gasteiger partial charge in [0.25, 0.3) is 0 Å². The minimum absolute atomic E-state index is 0.173. The fourth-order valence-corrected chi connectivity index (χ4v) is 3.27. The number of likely N-dealkylation sites (N-methyl/N-ethyl adjacent to an activating group) is 1. The number of anilines is 1. The van der Waals surface area contributed by atoms with Gasteiger partial charge in [0.2, 0.25) is 0 Å². The van der Waals surface area contributed by atoms with Gasteiger partial charge in [0.05, 0.1) is 5.69 Å². The van der Waals surface area contributed by atoms with Crippen LogP contribution < -0.4 is 5.32 Å². The third-order valence-corrected chi connectivity index (χ3v) is 4.48. The standard InChI is InChI=1S/C20H24N4O/c1-4-6-15-8-9-17(18(25)12-15)20-14(2)11-19(22-23-20)21-16-7-5-10-24(3)13-16/h8-9,11-12,16,25H,5,7,10,13H2,1-3H3,(H,21,22). The summed E-state index contributed by atoms with van der Waals surface area (Å²) >= 11 is 0. The first-order valence-corrected chi connectivity index (χ1v) is 8.62. The van der Waals surface area contributed by atoms with Crippen molar-refractivity contribution < 1.29 is 5.11 Å². The predicted octanol–water partition coefficient (Wildman–Crippen LogP) is 3.04. The predicted molar refractivity (Wildman–Crippen MR) is 101 cm³/mol. The molecule has 0 radical (unpaired) electrons. The molecule has 2 aromatic rings. The highest BCUT2D eigenvalue weighted by Gasteiger charge is 2.18. The van der Waals surface area contributed by atoms with Gasteiger partial charge in [0.1, 0.15) is 11.6 Å². The number of aryl methyl sites for hydroxylation is 1. The molecule has 0 spiro atoms. The lowest BCUT2D eigenvalue weighted by molar-refractivity contribution is 0.260. The molecule has 0 aliphatic carbocycles. The van der Waals surface area contributed by atoms with E-state index in [0.29, 0.717) is 17.3 Å². The van der Waals surface area contributed by atoms with E-state index in [2.05, 4.69) is 39.3 Å². The van der Waals surface area contributed by atoms with Gasteiger partial charge in [0.15, 0.2) is 0 Å². The van der Waals surface area contributed by atoms with E-state index in [1.54, 1.807) is 13.0 Å². The minimum Gasteiger partial charge on any atom is -0.507 e. The van der Waals surface area contributed by atoms with E-state index in [-0.39, 0.29) is 5.75 Å². The van der Waals surface area contributed by atoms with Crippen LogP contribution in [0.3, 0.4) is 0 Å². The summed E-state index contributed by atoms with van der Waals surface area (Å²) in [5.74, 6) is 6.73. The molecular weight excluding hydrogens is 312 g/mol. The first-order valence-electron chi connectivity index (χ1n) is 8.62. The summed E-state index contributed by atoms with van der Waals surface area (Å²) in [6.45, 7) is 5.93. The summed E-state index contributed by atoms with van der Waals surface area (Å²) in [4.78, 5) is 2.33. The molecule has 1 atom stereocenters. The Bertz CT molecular complexity index is 822. The molecule has 1 fully saturated rings. The zero-order valence-corrected chi connectivity index (χ0v) is 15.0. The maximum absolute atomic E-state index is 10.3. The number of rotatable bonds is 3. The van der Waals surface area contributed by atoms with Gasteiger partial charge in [-0.2, -0.15) is 0 Å². The Hall–Kier alpha value is -2.58. The van der Waals surface area contributed by atoms with Crippen LogP contribution in [0.25, 0.3) is 11.3 Å². The molecule has 1 unspecified atom stereocenters. The van der Waals surface area contributed by atoms with Crippen molar-refractivity contribution >= 4 is 5.82 Å². The molecule has 1 aromatic heterocycles. The molecular formula is C20H24N4O. The van der Waals surface area contributed by atoms with Crippen molar-refractivity contribution in [2.24, 2.45) is 0 Å². The number of aromatic hydroxyl groups is 1. The highest BCUT2D eigenvalue weighted by Crippen LogP contribution is 2.31. The van der Waals surface area contributed by atoms with E-state index >= 15 is 0 Å². The van der Waals surface area contributed by atoms with Crippen LogP contribution >= 0.6 is 0 Å². The largest absolute Gasteiger partial charge is 0.507 e. The second-order valence-electron chi connectivity index (χ2n) is 6.61. The van der Waals surface area contributed by atoms with E-state index in [9.17, 15) is 5.11 Å². The van der Waals surface area contributed by atoms with Gasteiger partial charge in [-0.1, -0.05) is 5.92 Å². The molecule has 130 valence electrons. The van der Waals surface area contributed by atoms with Crippen LogP contribution in [-0.2, 0) is 0 Å². The van der Waals surface area contributed by atoms with Gasteiger partial charge >= 0.3 is 0 Å². The van der Waals surface area contributed by atoms with Crippen LogP contribution in [0.4, 0.5) is 5.82 Å². The molecule has 2 heterocycles. The normalized spacial score (nSPS) is 17.6. The number of phenols is 1. The molecule has 1 aliphatic heterocycles. The molecule has 1 saturated heterocycles. The number of piperidine rings is 1. The number of benzene rings is 1. The molecule has 0 saturated carbocycles. The maximum Gasteiger partial charge on any atom is 0.149 e. The number of hydrogen-bond acceptors (Lipinski definition) is 5. The Kier molecular flexibility index (Phi) is 5.20. The summed E-state index contributed by atoms with van der Waals surface area (Å²) in [5, 5.41) is 22.4. The van der Waals surface area contributed by atoms with Crippen LogP contribution in [0.15, 0.2) is 24.3 Å². The Morgan fingerprint density at radius 3 is 2.80 bits per heavy atom. The average molecular weight is 336 g/mol. The van der Waals surface area contributed by atoms with Crippen molar-refractivity contribution in [2.45, 2.75) is 32.7 Å². The van der Waals surface area contributed by atoms with Crippen molar-refractivity contribution in [1.29, 1.82) is 0 Å². The first kappa shape index (κ1) is 17.2. The Morgan fingerprint density at radius 1 is 1.28 bits per heavy atom. The molecule has 1 aromatic carbocycles. The molecule has 5 nitrogen and oxygen atoms in total. The molecule has 1 aliphatic rings. The zero-order chi connectivity index (χ0) is 17.8. The summed E-state index contributed by atoms with van der Waals surface area (Å²) in [5.41, 5.74) is 3.13. The van der Waals surface area contributed by atoms with Gasteiger partial charge in [-0.15, -0.1) is 16.1 Å². The third-order valence-electron chi connectivity index (χ3n) is 4.48. The molecule has 5 heteroatoms. The van der Waals surface area contributed by atoms with E-state index in [0.717, 1.165) is 36.5 Å². The maximum atomic E-state index is 10.3. The molecule has 0 amide bonds. The molecule has 2 N–H and O–H groups in total. The van der Waals surface area contributed by atoms with Crippen LogP contribution in [0.2, 0.25) is 0 Å². The van der Waals surface area contributed by atoms with Crippen molar-refractivity contribution in [3.63, 3.8) is 0 Å². The zero-order valence-electron chi connectivity index (χ0n) is 15.0. The van der Waals surface area contributed by atoms with E-state index in [1.807, 2.05) is 25.1 Å². The van der Waals surface area contributed by atoms with Gasteiger partial charge in [0, 0.05) is 23.7 Å². The van der Waals surface area contributed by atoms with E-state index in [4.69, 9.17) is 0 Å². The SMILES string of the molecule is CC#Cc1ccc(-c2nnc(NC3CCCN(C)C3)cc2C)c(O)c1. The molecule has 25 heavy (non-hydrogen) atoms. The number of aromatic nitrogens is 2. The lowest BCUT2D eigenvalue weighted by Gasteiger charge is -2.30. The number of phenolic OH excluding ortho intramolecular Hbond substituents is 1. The number of hydrogen-bond donors (Lipinski definition) is 2. The lowest BCUT2D eigenvalue weighted by Crippen LogP contribution is -2.39. The number of likely N-dealkylation sites (tertiary alicyclic amines) is 1. The van der Waals surface area contributed by atoms with Crippen molar-refractivity contribution in [3.05, 3.63) is 35.4 Å². The van der Waals surface area contributed by atoms with Crippen LogP contribution in [0.5, 0.6) is 5.75 Å². The highest BCUT2D eigenvalue weighted by molar-refractivity contribution is 5.71. The summed E-state index contributed by atoms with van der Waals surface area (Å²) in [6.07, 6.45) is 2.34. The summed E-state index contributed by atoms with van der Waals surface area (Å²) < 4.78 is 0. The third kappa shape index (κ3) is 4.09. The van der Waals surface area contributed by atoms with E-state index < -0.39 is 0 Å². The topological polar surface area (TPSA) is 61.3 Å². The van der Waals surface area contributed by atoms with Crippen LogP contribution in [0.1, 0.15) is 30.9 Å². The lowest BCUT2D eigenvalue weighted by atomic mass is 10.0. The van der Waals surface area contributed by atoms with Gasteiger partial charge in [-0.3, -0.25) is 0 Å². The van der Waals surface area contributed by atoms with Crippen molar-refractivity contribution in [1.82, 2.24) is 15.1 Å². The fraction of sp³-hybridized carbons (Fsp3) is 0.400. The summed E-state index contributed by atoms with van der Waals surface area (Å²) in [7, 11) is 2.14. The molecule has 3 rings (SSSR count). The Morgan fingerprint density at radius 2 is 2.12 bits per heavy atom. The second-order valence-corrected chi connectivity index (χ2v) is 6.61. The van der Waals surface area contributed by atoms with Crippen molar-refractivity contribution in [2.75, 3.05) is 25.5 Å². The highest BCUT2D eigenvalue weighted by atomic mass is 16.3. The van der Waals surface area contributed by atoms with Gasteiger partial charge in [-0.25, -0.2) is 0 Å². The molecule has 0 bridgehead atoms. The Labute approximate surface area is 149 Å². The quantitative estimate of drug-likeness (QED) is 0.844. The van der Waals surface area contributed by atoms with Gasteiger partial charge < -0.3 is 15.3 Å². The second kappa shape index (κ2) is 7.54. The summed E-state index contributed by atoms with van der Waals surface area (Å²) in [6, 6.07) is 7.79. The first-order chi connectivity index (χ1) is 12.1. The smallest absolute Gasteiger partial charge is 0.149 e. The van der Waals surface area contributed by atoms with Crippen molar-refractivity contribution in [3.8, 4) is 28.8 Å². The van der Waals surface area contributed by atoms with E-state index in [1.165, 1.54) is 6.42 Å². The van der Waals surface area contributed by atoms with Crippen LogP contribution in [0, 0.1) is 18.8 Å². The monoisotopic (exact) mass is 336 g/mol. The number of nitrogens with zero attached hydrogens (tertiary/aromatic N) is 3. The minimum atomic E-state index is 0.173. The van der Waals surface area contributed by atoms with Crippen LogP contribution in [-0.4, -0.2) is 46.4 Å².